The van der Waals surface area contributed by atoms with Crippen LogP contribution in [-0.2, 0) is 4.79 Å². The van der Waals surface area contributed by atoms with Crippen molar-refractivity contribution in [3.05, 3.63) is 96.6 Å². The van der Waals surface area contributed by atoms with E-state index < -0.39 is 12.1 Å². The van der Waals surface area contributed by atoms with E-state index in [4.69, 9.17) is 15.2 Å². The summed E-state index contributed by atoms with van der Waals surface area (Å²) < 4.78 is 33.5. The van der Waals surface area contributed by atoms with Crippen molar-refractivity contribution in [2.45, 2.75) is 6.18 Å². The van der Waals surface area contributed by atoms with Crippen LogP contribution in [0.2, 0.25) is 0 Å². The first-order chi connectivity index (χ1) is 17.7. The van der Waals surface area contributed by atoms with Crippen LogP contribution in [0.3, 0.4) is 0 Å². The molecule has 5 rings (SSSR count). The molecular formula is C26H17F3N5O3+. The maximum Gasteiger partial charge on any atom is 0.430 e. The molecule has 0 spiro atoms. The SMILES string of the molecule is N#Cc1ccc(-c2[nH]c(C(=O)Nc3cccc4c[nH+]ccc34)c3cccc[n+]23)cc1.O=C([O-])C(F)(F)F. The normalized spacial score (nSPS) is 10.9. The number of alkyl halides is 3. The lowest BCUT2D eigenvalue weighted by Crippen LogP contribution is -2.37. The summed E-state index contributed by atoms with van der Waals surface area (Å²) in [4.78, 5) is 28.3. The number of pyridine rings is 2. The highest BCUT2D eigenvalue weighted by Crippen LogP contribution is 2.23. The van der Waals surface area contributed by atoms with E-state index in [9.17, 15) is 18.0 Å². The zero-order valence-electron chi connectivity index (χ0n) is 18.8. The summed E-state index contributed by atoms with van der Waals surface area (Å²) in [7, 11) is 0. The Labute approximate surface area is 207 Å². The lowest BCUT2D eigenvalue weighted by atomic mass is 10.1. The highest BCUT2D eigenvalue weighted by molar-refractivity contribution is 6.10. The number of rotatable bonds is 3. The number of aliphatic carboxylic acids is 1. The smallest absolute Gasteiger partial charge is 0.430 e. The average molecular weight is 504 g/mol. The summed E-state index contributed by atoms with van der Waals surface area (Å²) in [5.41, 5.74) is 3.45. The number of aromatic amines is 2. The van der Waals surface area contributed by atoms with Gasteiger partial charge in [-0.3, -0.25) is 4.79 Å². The molecule has 0 radical (unpaired) electrons. The molecule has 8 nitrogen and oxygen atoms in total. The number of nitrogens with zero attached hydrogens (tertiary/aromatic N) is 2. The van der Waals surface area contributed by atoms with Crippen molar-refractivity contribution in [2.75, 3.05) is 5.32 Å². The molecule has 3 aromatic heterocycles. The largest absolute Gasteiger partial charge is 0.542 e. The molecule has 2 aromatic carbocycles. The molecule has 0 atom stereocenters. The van der Waals surface area contributed by atoms with E-state index in [1.54, 1.807) is 12.1 Å². The second-order valence-electron chi connectivity index (χ2n) is 7.69. The van der Waals surface area contributed by atoms with E-state index >= 15 is 0 Å². The van der Waals surface area contributed by atoms with Crippen LogP contribution in [0, 0.1) is 11.3 Å². The van der Waals surface area contributed by atoms with Crippen LogP contribution in [0.4, 0.5) is 18.9 Å². The average Bonchev–Trinajstić information content (AvgIpc) is 3.29. The van der Waals surface area contributed by atoms with E-state index in [-0.39, 0.29) is 5.91 Å². The molecule has 3 N–H and O–H groups in total. The number of carboxylic acids is 1. The van der Waals surface area contributed by atoms with Crippen LogP contribution < -0.4 is 19.8 Å². The molecule has 0 bridgehead atoms. The monoisotopic (exact) mass is 504 g/mol. The van der Waals surface area contributed by atoms with E-state index in [0.29, 0.717) is 11.3 Å². The number of hydrogen-bond acceptors (Lipinski definition) is 4. The van der Waals surface area contributed by atoms with Gasteiger partial charge in [-0.25, -0.2) is 9.97 Å². The molecular weight excluding hydrogens is 487 g/mol. The number of benzene rings is 2. The fraction of sp³-hybridized carbons (Fsp3) is 0.0385. The first-order valence-corrected chi connectivity index (χ1v) is 10.7. The second kappa shape index (κ2) is 10.2. The quantitative estimate of drug-likeness (QED) is 0.366. The molecule has 0 fully saturated rings. The fourth-order valence-electron chi connectivity index (χ4n) is 3.63. The molecule has 0 aliphatic rings. The van der Waals surface area contributed by atoms with Gasteiger partial charge in [0.1, 0.15) is 5.97 Å². The van der Waals surface area contributed by atoms with Gasteiger partial charge in [0, 0.05) is 22.5 Å². The zero-order chi connectivity index (χ0) is 26.6. The van der Waals surface area contributed by atoms with Gasteiger partial charge >= 0.3 is 6.18 Å². The topological polar surface area (TPSA) is 127 Å². The molecule has 0 unspecified atom stereocenters. The Bertz CT molecular complexity index is 1650. The summed E-state index contributed by atoms with van der Waals surface area (Å²) >= 11 is 0. The van der Waals surface area contributed by atoms with Crippen LogP contribution in [0.1, 0.15) is 16.1 Å². The Morgan fingerprint density at radius 1 is 1.03 bits per heavy atom. The molecule has 0 saturated carbocycles. The Morgan fingerprint density at radius 3 is 2.43 bits per heavy atom. The molecule has 5 aromatic rings. The van der Waals surface area contributed by atoms with E-state index in [1.165, 1.54) is 0 Å². The van der Waals surface area contributed by atoms with Crippen molar-refractivity contribution < 1.29 is 37.3 Å². The zero-order valence-corrected chi connectivity index (χ0v) is 18.8. The molecule has 37 heavy (non-hydrogen) atoms. The third-order valence-electron chi connectivity index (χ3n) is 5.32. The second-order valence-corrected chi connectivity index (χ2v) is 7.69. The molecule has 0 saturated heterocycles. The number of fused-ring (bicyclic) bond motifs is 2. The minimum atomic E-state index is -5.19. The molecule has 11 heteroatoms. The standard InChI is InChI=1S/C24H15N5O.C2HF3O2/c25-14-16-7-9-17(10-8-16)23-28-22(21-6-1-2-13-29(21)23)24(30)27-20-5-3-4-18-15-26-12-11-19(18)20;3-2(4,5)1(6)7/h1-13,15H,(H,27,30);(H,6,7)/p+1. The van der Waals surface area contributed by atoms with Crippen molar-refractivity contribution in [1.29, 1.82) is 5.26 Å². The number of anilines is 1. The first kappa shape index (κ1) is 24.9. The number of carbonyl (C=O) groups is 2. The van der Waals surface area contributed by atoms with Crippen molar-refractivity contribution in [3.63, 3.8) is 0 Å². The van der Waals surface area contributed by atoms with E-state index in [0.717, 1.165) is 33.4 Å². The number of aromatic nitrogens is 3. The van der Waals surface area contributed by atoms with Crippen molar-refractivity contribution in [1.82, 2.24) is 4.98 Å². The summed E-state index contributed by atoms with van der Waals surface area (Å²) in [5.74, 6) is -2.46. The van der Waals surface area contributed by atoms with Gasteiger partial charge in [0.2, 0.25) is 5.69 Å². The van der Waals surface area contributed by atoms with Crippen molar-refractivity contribution in [2.24, 2.45) is 0 Å². The molecule has 0 aliphatic carbocycles. The summed E-state index contributed by atoms with van der Waals surface area (Å²) in [5, 5.41) is 22.8. The van der Waals surface area contributed by atoms with Gasteiger partial charge in [-0.05, 0) is 48.5 Å². The van der Waals surface area contributed by atoms with E-state index in [1.807, 2.05) is 77.6 Å². The molecule has 3 heterocycles. The van der Waals surface area contributed by atoms with Gasteiger partial charge < -0.3 is 15.2 Å². The van der Waals surface area contributed by atoms with Crippen molar-refractivity contribution in [3.8, 4) is 17.5 Å². The highest BCUT2D eigenvalue weighted by atomic mass is 19.4. The molecule has 184 valence electrons. The summed E-state index contributed by atoms with van der Waals surface area (Å²) in [6.07, 6.45) is 0.443. The number of nitrogens with one attached hydrogen (secondary N) is 3. The Kier molecular flexibility index (Phi) is 6.84. The number of nitriles is 1. The lowest BCUT2D eigenvalue weighted by Gasteiger charge is -2.05. The van der Waals surface area contributed by atoms with Crippen LogP contribution in [0.15, 0.2) is 85.3 Å². The predicted octanol–water partition coefficient (Wildman–Crippen LogP) is 2.81. The Morgan fingerprint density at radius 2 is 1.76 bits per heavy atom. The van der Waals surface area contributed by atoms with Gasteiger partial charge in [0.25, 0.3) is 11.7 Å². The van der Waals surface area contributed by atoms with E-state index in [2.05, 4.69) is 21.4 Å². The Balaban J connectivity index is 0.000000405. The number of hydrogen-bond donors (Lipinski definition) is 2. The third kappa shape index (κ3) is 5.38. The maximum absolute atomic E-state index is 13.2. The van der Waals surface area contributed by atoms with Gasteiger partial charge in [-0.2, -0.15) is 22.8 Å². The minimum Gasteiger partial charge on any atom is -0.542 e. The maximum atomic E-state index is 13.2. The van der Waals surface area contributed by atoms with Crippen LogP contribution in [0.5, 0.6) is 0 Å². The summed E-state index contributed by atoms with van der Waals surface area (Å²) in [6.45, 7) is 0. The fourth-order valence-corrected chi connectivity index (χ4v) is 3.63. The number of amides is 1. The number of carboxylic acid groups (broad SMARTS) is 1. The Hall–Kier alpha value is -5.24. The van der Waals surface area contributed by atoms with Gasteiger partial charge in [0.05, 0.1) is 23.4 Å². The van der Waals surface area contributed by atoms with Gasteiger partial charge in [-0.1, -0.05) is 12.1 Å². The number of imidazole rings is 1. The number of H-pyrrole nitrogens is 2. The highest BCUT2D eigenvalue weighted by Gasteiger charge is 2.29. The lowest BCUT2D eigenvalue weighted by molar-refractivity contribution is -0.498. The minimum absolute atomic E-state index is 0.223. The third-order valence-corrected chi connectivity index (χ3v) is 5.32. The molecule has 1 amide bonds. The van der Waals surface area contributed by atoms with Gasteiger partial charge in [0.15, 0.2) is 17.9 Å². The van der Waals surface area contributed by atoms with Crippen molar-refractivity contribution >= 4 is 33.9 Å². The number of carbonyl (C=O) groups excluding carboxylic acids is 2. The first-order valence-electron chi connectivity index (χ1n) is 10.7. The van der Waals surface area contributed by atoms with Crippen LogP contribution >= 0.6 is 0 Å². The number of halogens is 3. The van der Waals surface area contributed by atoms with Crippen LogP contribution in [0.25, 0.3) is 27.7 Å². The van der Waals surface area contributed by atoms with Gasteiger partial charge in [-0.15, -0.1) is 0 Å². The molecule has 0 aliphatic heterocycles. The summed E-state index contributed by atoms with van der Waals surface area (Å²) in [6, 6.07) is 22.8. The van der Waals surface area contributed by atoms with Crippen LogP contribution in [-0.4, -0.2) is 23.0 Å². The predicted molar refractivity (Wildman–Crippen MR) is 124 cm³/mol.